The number of nitrogens with zero attached hydrogens (tertiary/aromatic N) is 3. The summed E-state index contributed by atoms with van der Waals surface area (Å²) in [5, 5.41) is 2.09. The van der Waals surface area contributed by atoms with E-state index in [0.29, 0.717) is 37.3 Å². The number of hydrogen-bond acceptors (Lipinski definition) is 5. The lowest BCUT2D eigenvalue weighted by Crippen LogP contribution is -2.48. The first-order valence-corrected chi connectivity index (χ1v) is 11.7. The summed E-state index contributed by atoms with van der Waals surface area (Å²) in [5.74, 6) is 0.154. The summed E-state index contributed by atoms with van der Waals surface area (Å²) < 4.78 is 25.7. The summed E-state index contributed by atoms with van der Waals surface area (Å²) in [5.41, 5.74) is 1.15. The third-order valence-electron chi connectivity index (χ3n) is 5.10. The first kappa shape index (κ1) is 18.5. The van der Waals surface area contributed by atoms with Gasteiger partial charge in [0.05, 0.1) is 11.4 Å². The van der Waals surface area contributed by atoms with Crippen LogP contribution in [0.5, 0.6) is 0 Å². The van der Waals surface area contributed by atoms with Crippen molar-refractivity contribution in [2.45, 2.75) is 13.0 Å². The third kappa shape index (κ3) is 4.02. The number of anilines is 1. The first-order chi connectivity index (χ1) is 13.0. The van der Waals surface area contributed by atoms with E-state index >= 15 is 0 Å². The first-order valence-electron chi connectivity index (χ1n) is 9.17. The molecule has 2 aromatic rings. The van der Waals surface area contributed by atoms with Crippen molar-refractivity contribution in [2.75, 3.05) is 42.8 Å². The maximum Gasteiger partial charge on any atom is 0.254 e. The van der Waals surface area contributed by atoms with Crippen LogP contribution in [0, 0.1) is 0 Å². The molecule has 1 aromatic carbocycles. The number of rotatable bonds is 4. The Morgan fingerprint density at radius 1 is 1.04 bits per heavy atom. The van der Waals surface area contributed by atoms with Gasteiger partial charge in [-0.2, -0.15) is 0 Å². The van der Waals surface area contributed by atoms with Crippen LogP contribution in [0.4, 0.5) is 5.69 Å². The van der Waals surface area contributed by atoms with Gasteiger partial charge in [0.15, 0.2) is 0 Å². The molecule has 6 nitrogen and oxygen atoms in total. The molecule has 3 heterocycles. The highest BCUT2D eigenvalue weighted by Gasteiger charge is 2.29. The average Bonchev–Trinajstić information content (AvgIpc) is 3.31. The Balaban J connectivity index is 1.41. The molecule has 27 heavy (non-hydrogen) atoms. The SMILES string of the molecule is O=C(c1cccc(N2CCCS2(=O)=O)c1)N1CCN(Cc2cccs2)CC1. The highest BCUT2D eigenvalue weighted by Crippen LogP contribution is 2.25. The maximum atomic E-state index is 12.9. The Morgan fingerprint density at radius 3 is 2.52 bits per heavy atom. The summed E-state index contributed by atoms with van der Waals surface area (Å²) in [7, 11) is -3.24. The molecular formula is C19H23N3O3S2. The predicted octanol–water partition coefficient (Wildman–Crippen LogP) is 2.25. The van der Waals surface area contributed by atoms with Crippen molar-refractivity contribution in [1.29, 1.82) is 0 Å². The summed E-state index contributed by atoms with van der Waals surface area (Å²) in [6, 6.07) is 11.2. The Labute approximate surface area is 164 Å². The normalized spacial score (nSPS) is 20.1. The molecular weight excluding hydrogens is 382 g/mol. The number of sulfonamides is 1. The maximum absolute atomic E-state index is 12.9. The van der Waals surface area contributed by atoms with Crippen LogP contribution >= 0.6 is 11.3 Å². The molecule has 0 atom stereocenters. The van der Waals surface area contributed by atoms with E-state index in [0.717, 1.165) is 19.6 Å². The Bertz CT molecular complexity index is 904. The van der Waals surface area contributed by atoms with Gasteiger partial charge in [-0.3, -0.25) is 14.0 Å². The van der Waals surface area contributed by atoms with Crippen LogP contribution in [0.2, 0.25) is 0 Å². The van der Waals surface area contributed by atoms with Gasteiger partial charge in [0, 0.05) is 49.7 Å². The number of amides is 1. The standard InChI is InChI=1S/C19H23N3O3S2/c23-19(21-10-8-20(9-11-21)15-18-6-2-12-26-18)16-4-1-5-17(14-16)22-7-3-13-27(22,24)25/h1-2,4-6,12,14H,3,7-11,13,15H2. The molecule has 1 amide bonds. The molecule has 0 unspecified atom stereocenters. The van der Waals surface area contributed by atoms with Crippen LogP contribution in [0.1, 0.15) is 21.7 Å². The Morgan fingerprint density at radius 2 is 1.85 bits per heavy atom. The molecule has 4 rings (SSSR count). The molecule has 144 valence electrons. The van der Waals surface area contributed by atoms with Crippen LogP contribution in [-0.4, -0.2) is 62.6 Å². The molecule has 0 aliphatic carbocycles. The number of benzene rings is 1. The molecule has 2 fully saturated rings. The average molecular weight is 406 g/mol. The van der Waals surface area contributed by atoms with E-state index in [4.69, 9.17) is 0 Å². The highest BCUT2D eigenvalue weighted by molar-refractivity contribution is 7.93. The van der Waals surface area contributed by atoms with Crippen molar-refractivity contribution in [1.82, 2.24) is 9.80 Å². The van der Waals surface area contributed by atoms with Crippen LogP contribution in [-0.2, 0) is 16.6 Å². The topological polar surface area (TPSA) is 60.9 Å². The fourth-order valence-corrected chi connectivity index (χ4v) is 5.94. The second-order valence-corrected chi connectivity index (χ2v) is 9.98. The molecule has 2 aliphatic heterocycles. The van der Waals surface area contributed by atoms with E-state index in [9.17, 15) is 13.2 Å². The van der Waals surface area contributed by atoms with E-state index in [2.05, 4.69) is 22.4 Å². The summed E-state index contributed by atoms with van der Waals surface area (Å²) in [4.78, 5) is 18.5. The zero-order chi connectivity index (χ0) is 18.9. The Kier molecular flexibility index (Phi) is 5.21. The van der Waals surface area contributed by atoms with Gasteiger partial charge in [0.1, 0.15) is 0 Å². The minimum absolute atomic E-state index is 0.0239. The number of hydrogen-bond donors (Lipinski definition) is 0. The van der Waals surface area contributed by atoms with Crippen molar-refractivity contribution >= 4 is 33.0 Å². The molecule has 2 saturated heterocycles. The van der Waals surface area contributed by atoms with E-state index in [1.807, 2.05) is 4.90 Å². The third-order valence-corrected chi connectivity index (χ3v) is 7.83. The van der Waals surface area contributed by atoms with Crippen molar-refractivity contribution in [3.8, 4) is 0 Å². The van der Waals surface area contributed by atoms with Gasteiger partial charge < -0.3 is 4.90 Å². The monoisotopic (exact) mass is 405 g/mol. The van der Waals surface area contributed by atoms with Crippen molar-refractivity contribution in [2.24, 2.45) is 0 Å². The molecule has 0 saturated carbocycles. The van der Waals surface area contributed by atoms with Crippen LogP contribution in [0.25, 0.3) is 0 Å². The number of thiophene rings is 1. The largest absolute Gasteiger partial charge is 0.336 e. The fraction of sp³-hybridized carbons (Fsp3) is 0.421. The number of carbonyl (C=O) groups excluding carboxylic acids is 1. The van der Waals surface area contributed by atoms with Crippen molar-refractivity contribution in [3.63, 3.8) is 0 Å². The smallest absolute Gasteiger partial charge is 0.254 e. The molecule has 0 radical (unpaired) electrons. The summed E-state index contributed by atoms with van der Waals surface area (Å²) >= 11 is 1.76. The molecule has 0 spiro atoms. The second-order valence-electron chi connectivity index (χ2n) is 6.94. The van der Waals surface area contributed by atoms with E-state index in [-0.39, 0.29) is 11.7 Å². The van der Waals surface area contributed by atoms with Crippen LogP contribution < -0.4 is 4.31 Å². The predicted molar refractivity (Wildman–Crippen MR) is 108 cm³/mol. The second kappa shape index (κ2) is 7.61. The van der Waals surface area contributed by atoms with Gasteiger partial charge in [-0.1, -0.05) is 12.1 Å². The molecule has 1 aromatic heterocycles. The lowest BCUT2D eigenvalue weighted by atomic mass is 10.1. The van der Waals surface area contributed by atoms with Gasteiger partial charge >= 0.3 is 0 Å². The summed E-state index contributed by atoms with van der Waals surface area (Å²) in [6.07, 6.45) is 0.632. The minimum Gasteiger partial charge on any atom is -0.336 e. The van der Waals surface area contributed by atoms with Gasteiger partial charge in [0.25, 0.3) is 5.91 Å². The molecule has 0 bridgehead atoms. The lowest BCUT2D eigenvalue weighted by Gasteiger charge is -2.34. The van der Waals surface area contributed by atoms with E-state index < -0.39 is 10.0 Å². The van der Waals surface area contributed by atoms with E-state index in [1.165, 1.54) is 9.18 Å². The van der Waals surface area contributed by atoms with Gasteiger partial charge in [0.2, 0.25) is 10.0 Å². The van der Waals surface area contributed by atoms with Crippen LogP contribution in [0.15, 0.2) is 41.8 Å². The van der Waals surface area contributed by atoms with Crippen molar-refractivity contribution in [3.05, 3.63) is 52.2 Å². The number of piperazine rings is 1. The molecule has 8 heteroatoms. The van der Waals surface area contributed by atoms with Gasteiger partial charge in [-0.25, -0.2) is 8.42 Å². The number of carbonyl (C=O) groups is 1. The van der Waals surface area contributed by atoms with E-state index in [1.54, 1.807) is 35.6 Å². The van der Waals surface area contributed by atoms with Crippen LogP contribution in [0.3, 0.4) is 0 Å². The van der Waals surface area contributed by atoms with Crippen molar-refractivity contribution < 1.29 is 13.2 Å². The quantitative estimate of drug-likeness (QED) is 0.783. The fourth-order valence-electron chi connectivity index (χ4n) is 3.64. The molecule has 0 N–H and O–H groups in total. The van der Waals surface area contributed by atoms with Gasteiger partial charge in [-0.15, -0.1) is 11.3 Å². The highest BCUT2D eigenvalue weighted by atomic mass is 32.2. The lowest BCUT2D eigenvalue weighted by molar-refractivity contribution is 0.0629. The zero-order valence-corrected chi connectivity index (χ0v) is 16.7. The van der Waals surface area contributed by atoms with Gasteiger partial charge in [-0.05, 0) is 36.1 Å². The Hall–Kier alpha value is -1.90. The summed E-state index contributed by atoms with van der Waals surface area (Å²) in [6.45, 7) is 4.50. The zero-order valence-electron chi connectivity index (χ0n) is 15.1. The minimum atomic E-state index is -3.24. The molecule has 2 aliphatic rings.